The van der Waals surface area contributed by atoms with Crippen LogP contribution in [-0.4, -0.2) is 38.1 Å². The number of aromatic amines is 1. The van der Waals surface area contributed by atoms with Gasteiger partial charge >= 0.3 is 5.69 Å². The summed E-state index contributed by atoms with van der Waals surface area (Å²) in [6.45, 7) is 5.47. The van der Waals surface area contributed by atoms with Gasteiger partial charge in [-0.1, -0.05) is 6.92 Å². The molecule has 3 N–H and O–H groups in total. The lowest BCUT2D eigenvalue weighted by Crippen LogP contribution is -2.39. The standard InChI is InChI=1S/C14H20N2O6/c1-4-14(7-21-8(2)3)11(19)10(18)12(22-14)16-6-5-9(17)15-13(16)20/h5-6,8,12,18-19H,4,7H2,1-3H3,(H,15,17,20). The summed E-state index contributed by atoms with van der Waals surface area (Å²) in [4.78, 5) is 25.0. The Hall–Kier alpha value is -2.06. The number of rotatable bonds is 5. The van der Waals surface area contributed by atoms with Crippen molar-refractivity contribution in [2.45, 2.75) is 45.1 Å². The fraction of sp³-hybridized carbons (Fsp3) is 0.571. The second-order valence-electron chi connectivity index (χ2n) is 5.43. The van der Waals surface area contributed by atoms with Gasteiger partial charge < -0.3 is 19.7 Å². The van der Waals surface area contributed by atoms with Crippen LogP contribution in [0.25, 0.3) is 0 Å². The topological polar surface area (TPSA) is 114 Å². The molecule has 8 nitrogen and oxygen atoms in total. The van der Waals surface area contributed by atoms with Crippen molar-refractivity contribution in [3.63, 3.8) is 0 Å². The number of aromatic nitrogens is 2. The highest BCUT2D eigenvalue weighted by Gasteiger charge is 2.48. The quantitative estimate of drug-likeness (QED) is 0.746. The molecule has 2 rings (SSSR count). The first kappa shape index (κ1) is 16.3. The third-order valence-electron chi connectivity index (χ3n) is 3.57. The molecule has 2 unspecified atom stereocenters. The summed E-state index contributed by atoms with van der Waals surface area (Å²) < 4.78 is 12.2. The normalized spacial score (nSPS) is 25.2. The summed E-state index contributed by atoms with van der Waals surface area (Å²) in [5, 5.41) is 20.4. The van der Waals surface area contributed by atoms with Crippen LogP contribution in [0.3, 0.4) is 0 Å². The fourth-order valence-corrected chi connectivity index (χ4v) is 2.23. The largest absolute Gasteiger partial charge is 0.506 e. The molecule has 2 heterocycles. The minimum atomic E-state index is -1.23. The van der Waals surface area contributed by atoms with Crippen molar-refractivity contribution in [1.82, 2.24) is 9.55 Å². The van der Waals surface area contributed by atoms with Crippen molar-refractivity contribution in [3.05, 3.63) is 44.6 Å². The Morgan fingerprint density at radius 2 is 2.14 bits per heavy atom. The molecule has 0 fully saturated rings. The number of nitrogens with one attached hydrogen (secondary N) is 1. The van der Waals surface area contributed by atoms with Gasteiger partial charge in [-0.15, -0.1) is 0 Å². The maximum atomic E-state index is 11.8. The van der Waals surface area contributed by atoms with E-state index in [4.69, 9.17) is 9.47 Å². The van der Waals surface area contributed by atoms with Gasteiger partial charge in [0.05, 0.1) is 12.7 Å². The van der Waals surface area contributed by atoms with Gasteiger partial charge in [0.1, 0.15) is 0 Å². The van der Waals surface area contributed by atoms with Crippen LogP contribution in [-0.2, 0) is 9.47 Å². The molecule has 1 aromatic rings. The van der Waals surface area contributed by atoms with Gasteiger partial charge in [-0.2, -0.15) is 0 Å². The molecule has 0 aliphatic carbocycles. The van der Waals surface area contributed by atoms with Crippen molar-refractivity contribution < 1.29 is 19.7 Å². The zero-order valence-electron chi connectivity index (χ0n) is 12.7. The first-order valence-electron chi connectivity index (χ1n) is 7.04. The van der Waals surface area contributed by atoms with Crippen LogP contribution < -0.4 is 11.2 Å². The average molecular weight is 312 g/mol. The molecule has 2 atom stereocenters. The predicted molar refractivity (Wildman–Crippen MR) is 77.8 cm³/mol. The molecule has 1 aliphatic rings. The highest BCUT2D eigenvalue weighted by molar-refractivity contribution is 5.21. The van der Waals surface area contributed by atoms with Crippen LogP contribution in [0, 0.1) is 0 Å². The number of aliphatic hydroxyl groups is 2. The van der Waals surface area contributed by atoms with Gasteiger partial charge in [-0.25, -0.2) is 4.79 Å². The van der Waals surface area contributed by atoms with Crippen molar-refractivity contribution in [3.8, 4) is 0 Å². The molecule has 1 aromatic heterocycles. The molecule has 122 valence electrons. The van der Waals surface area contributed by atoms with Crippen LogP contribution >= 0.6 is 0 Å². The van der Waals surface area contributed by atoms with Crippen LogP contribution in [0.15, 0.2) is 33.4 Å². The minimum Gasteiger partial charge on any atom is -0.506 e. The molecule has 0 saturated carbocycles. The van der Waals surface area contributed by atoms with E-state index in [9.17, 15) is 19.8 Å². The zero-order valence-corrected chi connectivity index (χ0v) is 12.7. The summed E-state index contributed by atoms with van der Waals surface area (Å²) in [6, 6.07) is 1.13. The van der Waals surface area contributed by atoms with Crippen molar-refractivity contribution in [2.24, 2.45) is 0 Å². The molecular weight excluding hydrogens is 292 g/mol. The molecule has 0 aromatic carbocycles. The zero-order chi connectivity index (χ0) is 16.5. The lowest BCUT2D eigenvalue weighted by atomic mass is 10.00. The van der Waals surface area contributed by atoms with Gasteiger partial charge in [0, 0.05) is 12.3 Å². The lowest BCUT2D eigenvalue weighted by Gasteiger charge is -2.29. The maximum Gasteiger partial charge on any atom is 0.330 e. The Labute approximate surface area is 126 Å². The van der Waals surface area contributed by atoms with E-state index >= 15 is 0 Å². The van der Waals surface area contributed by atoms with Crippen LogP contribution in [0.1, 0.15) is 33.4 Å². The smallest absolute Gasteiger partial charge is 0.330 e. The number of ether oxygens (including phenoxy) is 2. The van der Waals surface area contributed by atoms with Gasteiger partial charge in [-0.05, 0) is 20.3 Å². The van der Waals surface area contributed by atoms with Gasteiger partial charge in [0.25, 0.3) is 5.56 Å². The highest BCUT2D eigenvalue weighted by Crippen LogP contribution is 2.40. The van der Waals surface area contributed by atoms with E-state index < -0.39 is 28.8 Å². The molecule has 0 saturated heterocycles. The third-order valence-corrected chi connectivity index (χ3v) is 3.57. The summed E-state index contributed by atoms with van der Waals surface area (Å²) in [5.41, 5.74) is -2.53. The van der Waals surface area contributed by atoms with E-state index in [1.165, 1.54) is 6.20 Å². The van der Waals surface area contributed by atoms with Crippen LogP contribution in [0.2, 0.25) is 0 Å². The molecule has 8 heteroatoms. The van der Waals surface area contributed by atoms with E-state index in [0.29, 0.717) is 6.42 Å². The van der Waals surface area contributed by atoms with Crippen molar-refractivity contribution in [2.75, 3.05) is 6.61 Å². The number of H-pyrrole nitrogens is 1. The Bertz CT molecular complexity index is 689. The van der Waals surface area contributed by atoms with E-state index in [0.717, 1.165) is 10.6 Å². The number of aliphatic hydroxyl groups excluding tert-OH is 2. The monoisotopic (exact) mass is 312 g/mol. The van der Waals surface area contributed by atoms with E-state index in [2.05, 4.69) is 4.98 Å². The number of hydrogen-bond donors (Lipinski definition) is 3. The second-order valence-corrected chi connectivity index (χ2v) is 5.43. The summed E-state index contributed by atoms with van der Waals surface area (Å²) in [5.74, 6) is -0.831. The SMILES string of the molecule is CCC1(COC(C)C)OC(n2ccc(=O)[nH]c2=O)C(O)=C1O. The number of nitrogens with zero attached hydrogens (tertiary/aromatic N) is 1. The average Bonchev–Trinajstić information content (AvgIpc) is 2.71. The highest BCUT2D eigenvalue weighted by atomic mass is 16.6. The third kappa shape index (κ3) is 2.79. The molecule has 0 radical (unpaired) electrons. The molecule has 1 aliphatic heterocycles. The van der Waals surface area contributed by atoms with Gasteiger partial charge in [0.2, 0.25) is 6.23 Å². The van der Waals surface area contributed by atoms with Crippen molar-refractivity contribution in [1.29, 1.82) is 0 Å². The lowest BCUT2D eigenvalue weighted by molar-refractivity contribution is -0.131. The van der Waals surface area contributed by atoms with Crippen LogP contribution in [0.4, 0.5) is 0 Å². The van der Waals surface area contributed by atoms with E-state index in [-0.39, 0.29) is 18.5 Å². The molecule has 22 heavy (non-hydrogen) atoms. The molecular formula is C14H20N2O6. The molecule has 0 amide bonds. The van der Waals surface area contributed by atoms with Crippen LogP contribution in [0.5, 0.6) is 0 Å². The Kier molecular flexibility index (Phi) is 4.43. The summed E-state index contributed by atoms with van der Waals surface area (Å²) in [6.07, 6.45) is 0.242. The summed E-state index contributed by atoms with van der Waals surface area (Å²) >= 11 is 0. The fourth-order valence-electron chi connectivity index (χ4n) is 2.23. The predicted octanol–water partition coefficient (Wildman–Crippen LogP) is 0.967. The second kappa shape index (κ2) is 5.98. The Morgan fingerprint density at radius 3 is 2.68 bits per heavy atom. The van der Waals surface area contributed by atoms with E-state index in [1.54, 1.807) is 6.92 Å². The van der Waals surface area contributed by atoms with Gasteiger partial charge in [-0.3, -0.25) is 14.3 Å². The first-order valence-corrected chi connectivity index (χ1v) is 7.04. The number of hydrogen-bond acceptors (Lipinski definition) is 6. The molecule has 0 spiro atoms. The summed E-state index contributed by atoms with van der Waals surface area (Å²) in [7, 11) is 0. The maximum absolute atomic E-state index is 11.8. The minimum absolute atomic E-state index is 0.0334. The Morgan fingerprint density at radius 1 is 1.45 bits per heavy atom. The Balaban J connectivity index is 2.38. The van der Waals surface area contributed by atoms with Crippen molar-refractivity contribution >= 4 is 0 Å². The van der Waals surface area contributed by atoms with Gasteiger partial charge in [0.15, 0.2) is 17.1 Å². The van der Waals surface area contributed by atoms with E-state index in [1.807, 2.05) is 13.8 Å². The molecule has 0 bridgehead atoms. The first-order chi connectivity index (χ1) is 10.3.